The zero-order chi connectivity index (χ0) is 13.4. The number of carbonyl (C=O) groups is 1. The van der Waals surface area contributed by atoms with Crippen LogP contribution in [0, 0.1) is 5.92 Å². The minimum Gasteiger partial charge on any atom is -0.353 e. The van der Waals surface area contributed by atoms with Crippen molar-refractivity contribution in [3.8, 4) is 0 Å². The van der Waals surface area contributed by atoms with Gasteiger partial charge < -0.3 is 16.0 Å². The molecule has 0 fully saturated rings. The van der Waals surface area contributed by atoms with E-state index in [1.165, 1.54) is 0 Å². The van der Waals surface area contributed by atoms with Crippen LogP contribution in [-0.4, -0.2) is 43.5 Å². The second-order valence-electron chi connectivity index (χ2n) is 5.39. The molecule has 0 saturated heterocycles. The van der Waals surface area contributed by atoms with Crippen molar-refractivity contribution in [1.29, 1.82) is 0 Å². The first-order valence-electron chi connectivity index (χ1n) is 6.58. The van der Waals surface area contributed by atoms with E-state index in [4.69, 9.17) is 5.73 Å². The van der Waals surface area contributed by atoms with Gasteiger partial charge in [0.05, 0.1) is 6.04 Å². The van der Waals surface area contributed by atoms with Crippen LogP contribution in [0.25, 0.3) is 0 Å². The monoisotopic (exact) mass is 243 g/mol. The Labute approximate surface area is 106 Å². The normalized spacial score (nSPS) is 15.1. The number of rotatable bonds is 8. The second-order valence-corrected chi connectivity index (χ2v) is 5.39. The zero-order valence-corrected chi connectivity index (χ0v) is 12.0. The van der Waals surface area contributed by atoms with Crippen molar-refractivity contribution >= 4 is 5.91 Å². The fourth-order valence-electron chi connectivity index (χ4n) is 1.81. The van der Waals surface area contributed by atoms with Gasteiger partial charge in [-0.05, 0) is 32.9 Å². The van der Waals surface area contributed by atoms with Gasteiger partial charge in [0.25, 0.3) is 0 Å². The first kappa shape index (κ1) is 16.4. The quantitative estimate of drug-likeness (QED) is 0.673. The number of nitrogens with zero attached hydrogens (tertiary/aromatic N) is 1. The fourth-order valence-corrected chi connectivity index (χ4v) is 1.81. The van der Waals surface area contributed by atoms with Gasteiger partial charge in [0.2, 0.25) is 5.91 Å². The molecule has 0 aromatic heterocycles. The summed E-state index contributed by atoms with van der Waals surface area (Å²) >= 11 is 0. The number of hydrogen-bond donors (Lipinski definition) is 2. The predicted molar refractivity (Wildman–Crippen MR) is 72.8 cm³/mol. The lowest BCUT2D eigenvalue weighted by atomic mass is 10.0. The van der Waals surface area contributed by atoms with Gasteiger partial charge in [0.15, 0.2) is 0 Å². The minimum atomic E-state index is -0.359. The Morgan fingerprint density at radius 1 is 1.35 bits per heavy atom. The van der Waals surface area contributed by atoms with Crippen LogP contribution in [0.3, 0.4) is 0 Å². The maximum atomic E-state index is 11.7. The van der Waals surface area contributed by atoms with E-state index in [2.05, 4.69) is 24.1 Å². The van der Waals surface area contributed by atoms with Crippen molar-refractivity contribution in [3.63, 3.8) is 0 Å². The molecule has 0 aromatic carbocycles. The van der Waals surface area contributed by atoms with E-state index in [0.29, 0.717) is 18.5 Å². The summed E-state index contributed by atoms with van der Waals surface area (Å²) in [7, 11) is 4.09. The summed E-state index contributed by atoms with van der Waals surface area (Å²) in [6.07, 6.45) is 2.77. The van der Waals surface area contributed by atoms with Crippen molar-refractivity contribution in [2.24, 2.45) is 11.7 Å². The van der Waals surface area contributed by atoms with E-state index < -0.39 is 0 Å². The van der Waals surface area contributed by atoms with Crippen LogP contribution in [0.5, 0.6) is 0 Å². The molecule has 3 N–H and O–H groups in total. The second kappa shape index (κ2) is 8.48. The first-order valence-corrected chi connectivity index (χ1v) is 6.58. The predicted octanol–water partition coefficient (Wildman–Crippen LogP) is 1.21. The summed E-state index contributed by atoms with van der Waals surface area (Å²) in [4.78, 5) is 13.8. The van der Waals surface area contributed by atoms with Gasteiger partial charge in [0.1, 0.15) is 0 Å². The Bertz CT molecular complexity index is 217. The van der Waals surface area contributed by atoms with Crippen molar-refractivity contribution in [1.82, 2.24) is 10.2 Å². The summed E-state index contributed by atoms with van der Waals surface area (Å²) < 4.78 is 0. The van der Waals surface area contributed by atoms with Gasteiger partial charge in [-0.2, -0.15) is 0 Å². The molecule has 0 spiro atoms. The number of hydrogen-bond acceptors (Lipinski definition) is 3. The molecule has 102 valence electrons. The molecular weight excluding hydrogens is 214 g/mol. The highest BCUT2D eigenvalue weighted by molar-refractivity contribution is 5.81. The van der Waals surface area contributed by atoms with Crippen LogP contribution in [-0.2, 0) is 4.79 Å². The summed E-state index contributed by atoms with van der Waals surface area (Å²) in [5.74, 6) is 0.603. The molecule has 0 aliphatic carbocycles. The SMILES string of the molecule is CCC[C@@H](N)C(=O)NCC(CC(C)C)N(C)C. The molecule has 1 amide bonds. The Balaban J connectivity index is 4.07. The van der Waals surface area contributed by atoms with Crippen molar-refractivity contribution in [2.45, 2.75) is 52.1 Å². The average molecular weight is 243 g/mol. The Hall–Kier alpha value is -0.610. The van der Waals surface area contributed by atoms with Gasteiger partial charge in [-0.15, -0.1) is 0 Å². The molecule has 0 saturated carbocycles. The molecule has 1 unspecified atom stereocenters. The fraction of sp³-hybridized carbons (Fsp3) is 0.923. The van der Waals surface area contributed by atoms with Crippen LogP contribution >= 0.6 is 0 Å². The lowest BCUT2D eigenvalue weighted by molar-refractivity contribution is -0.122. The maximum Gasteiger partial charge on any atom is 0.236 e. The standard InChI is InChI=1S/C13H29N3O/c1-6-7-12(14)13(17)15-9-11(16(4)5)8-10(2)3/h10-12H,6-9,14H2,1-5H3,(H,15,17)/t11?,12-/m1/s1. The number of likely N-dealkylation sites (N-methyl/N-ethyl adjacent to an activating group) is 1. The smallest absolute Gasteiger partial charge is 0.236 e. The molecule has 0 heterocycles. The highest BCUT2D eigenvalue weighted by atomic mass is 16.2. The van der Waals surface area contributed by atoms with E-state index in [9.17, 15) is 4.79 Å². The van der Waals surface area contributed by atoms with Crippen LogP contribution in [0.15, 0.2) is 0 Å². The molecule has 0 radical (unpaired) electrons. The third-order valence-corrected chi connectivity index (χ3v) is 2.92. The molecule has 2 atom stereocenters. The molecule has 0 bridgehead atoms. The molecule has 0 aromatic rings. The zero-order valence-electron chi connectivity index (χ0n) is 12.0. The lowest BCUT2D eigenvalue weighted by Crippen LogP contribution is -2.46. The van der Waals surface area contributed by atoms with Gasteiger partial charge in [-0.25, -0.2) is 0 Å². The minimum absolute atomic E-state index is 0.0255. The number of nitrogens with two attached hydrogens (primary N) is 1. The molecule has 0 aliphatic heterocycles. The Morgan fingerprint density at radius 2 is 1.94 bits per heavy atom. The topological polar surface area (TPSA) is 58.4 Å². The Morgan fingerprint density at radius 3 is 2.35 bits per heavy atom. The third kappa shape index (κ3) is 7.34. The molecule has 0 rings (SSSR count). The Kier molecular flexibility index (Phi) is 8.17. The average Bonchev–Trinajstić information content (AvgIpc) is 2.23. The summed E-state index contributed by atoms with van der Waals surface area (Å²) in [5.41, 5.74) is 5.77. The van der Waals surface area contributed by atoms with Crippen LogP contribution in [0.4, 0.5) is 0 Å². The molecular formula is C13H29N3O. The molecule has 0 aliphatic rings. The third-order valence-electron chi connectivity index (χ3n) is 2.92. The van der Waals surface area contributed by atoms with Gasteiger partial charge in [-0.1, -0.05) is 27.2 Å². The first-order chi connectivity index (χ1) is 7.88. The highest BCUT2D eigenvalue weighted by Crippen LogP contribution is 2.08. The van der Waals surface area contributed by atoms with Crippen molar-refractivity contribution in [3.05, 3.63) is 0 Å². The van der Waals surface area contributed by atoms with E-state index in [1.54, 1.807) is 0 Å². The summed E-state index contributed by atoms with van der Waals surface area (Å²) in [6, 6.07) is 0.0228. The van der Waals surface area contributed by atoms with Gasteiger partial charge >= 0.3 is 0 Å². The van der Waals surface area contributed by atoms with E-state index in [0.717, 1.165) is 19.3 Å². The molecule has 4 nitrogen and oxygen atoms in total. The van der Waals surface area contributed by atoms with Crippen LogP contribution < -0.4 is 11.1 Å². The van der Waals surface area contributed by atoms with Crippen LogP contribution in [0.2, 0.25) is 0 Å². The van der Waals surface area contributed by atoms with Crippen molar-refractivity contribution < 1.29 is 4.79 Å². The van der Waals surface area contributed by atoms with E-state index in [-0.39, 0.29) is 11.9 Å². The largest absolute Gasteiger partial charge is 0.353 e. The van der Waals surface area contributed by atoms with Gasteiger partial charge in [0, 0.05) is 12.6 Å². The maximum absolute atomic E-state index is 11.7. The van der Waals surface area contributed by atoms with E-state index >= 15 is 0 Å². The lowest BCUT2D eigenvalue weighted by Gasteiger charge is -2.26. The number of nitrogens with one attached hydrogen (secondary N) is 1. The van der Waals surface area contributed by atoms with Gasteiger partial charge in [-0.3, -0.25) is 4.79 Å². The summed E-state index contributed by atoms with van der Waals surface area (Å²) in [5, 5.41) is 2.95. The molecule has 17 heavy (non-hydrogen) atoms. The highest BCUT2D eigenvalue weighted by Gasteiger charge is 2.17. The van der Waals surface area contributed by atoms with Crippen LogP contribution in [0.1, 0.15) is 40.0 Å². The molecule has 4 heteroatoms. The van der Waals surface area contributed by atoms with Crippen molar-refractivity contribution in [2.75, 3.05) is 20.6 Å². The summed E-state index contributed by atoms with van der Waals surface area (Å²) in [6.45, 7) is 7.11. The number of amides is 1. The van der Waals surface area contributed by atoms with E-state index in [1.807, 2.05) is 21.0 Å². The number of carbonyl (C=O) groups excluding carboxylic acids is 1.